The Balaban J connectivity index is 1.95. The van der Waals surface area contributed by atoms with Crippen molar-refractivity contribution < 1.29 is 9.53 Å². The number of nitrogens with one attached hydrogen (secondary N) is 1. The van der Waals surface area contributed by atoms with E-state index in [2.05, 4.69) is 18.8 Å². The summed E-state index contributed by atoms with van der Waals surface area (Å²) in [6.07, 6.45) is 2.33. The highest BCUT2D eigenvalue weighted by molar-refractivity contribution is 7.99. The Kier molecular flexibility index (Phi) is 4.31. The number of unbranched alkanes of at least 4 members (excludes halogenated alkanes) is 1. The minimum atomic E-state index is 0.153. The van der Waals surface area contributed by atoms with Crippen LogP contribution in [0.25, 0.3) is 0 Å². The van der Waals surface area contributed by atoms with Gasteiger partial charge in [0.15, 0.2) is 17.4 Å². The highest BCUT2D eigenvalue weighted by Crippen LogP contribution is 2.33. The Labute approximate surface area is 112 Å². The van der Waals surface area contributed by atoms with Gasteiger partial charge >= 0.3 is 0 Å². The normalized spacial score (nSPS) is 12.8. The number of thioether (sulfide) groups is 1. The van der Waals surface area contributed by atoms with Crippen LogP contribution in [0.3, 0.4) is 0 Å². The number of Topliss-reactive ketones (excluding diaryl/α,β-unsaturated/α-hetero) is 1. The van der Waals surface area contributed by atoms with Gasteiger partial charge < -0.3 is 10.1 Å². The number of anilines is 1. The molecule has 4 heteroatoms. The summed E-state index contributed by atoms with van der Waals surface area (Å²) < 4.78 is 5.38. The maximum Gasteiger partial charge on any atom is 0.190 e. The molecule has 0 radical (unpaired) electrons. The van der Waals surface area contributed by atoms with Gasteiger partial charge in [0.05, 0.1) is 11.4 Å². The van der Waals surface area contributed by atoms with E-state index in [0.717, 1.165) is 17.9 Å². The van der Waals surface area contributed by atoms with E-state index in [1.165, 1.54) is 6.42 Å². The first-order chi connectivity index (χ1) is 8.70. The van der Waals surface area contributed by atoms with Crippen molar-refractivity contribution in [2.45, 2.75) is 19.8 Å². The third-order valence-electron chi connectivity index (χ3n) is 2.69. The molecule has 0 unspecified atom stereocenters. The summed E-state index contributed by atoms with van der Waals surface area (Å²) in [6, 6.07) is 5.47. The zero-order valence-corrected chi connectivity index (χ0v) is 11.3. The van der Waals surface area contributed by atoms with Crippen molar-refractivity contribution >= 4 is 23.2 Å². The molecular weight excluding hydrogens is 246 g/mol. The molecule has 0 aromatic heterocycles. The molecule has 2 rings (SSSR count). The maximum absolute atomic E-state index is 12.0. The zero-order valence-electron chi connectivity index (χ0n) is 10.5. The molecule has 1 aromatic rings. The van der Waals surface area contributed by atoms with Gasteiger partial charge in [0.2, 0.25) is 0 Å². The van der Waals surface area contributed by atoms with Crippen LogP contribution in [0.15, 0.2) is 30.7 Å². The van der Waals surface area contributed by atoms with Crippen LogP contribution < -0.4 is 10.1 Å². The fraction of sp³-hybridized carbons (Fsp3) is 0.357. The van der Waals surface area contributed by atoms with E-state index in [9.17, 15) is 4.79 Å². The van der Waals surface area contributed by atoms with Crippen molar-refractivity contribution in [2.75, 3.05) is 16.8 Å². The van der Waals surface area contributed by atoms with Crippen LogP contribution in [-0.2, 0) is 0 Å². The van der Waals surface area contributed by atoms with Gasteiger partial charge in [-0.2, -0.15) is 11.8 Å². The van der Waals surface area contributed by atoms with E-state index >= 15 is 0 Å². The number of carbonyl (C=O) groups excluding carboxylic acids is 1. The van der Waals surface area contributed by atoms with Crippen LogP contribution in [0.4, 0.5) is 5.69 Å². The number of fused-ring (bicyclic) bond motifs is 1. The molecule has 0 atom stereocenters. The third kappa shape index (κ3) is 3.07. The predicted octanol–water partition coefficient (Wildman–Crippen LogP) is 3.68. The van der Waals surface area contributed by atoms with Gasteiger partial charge in [-0.1, -0.05) is 13.3 Å². The zero-order chi connectivity index (χ0) is 13.0. The smallest absolute Gasteiger partial charge is 0.190 e. The topological polar surface area (TPSA) is 38.3 Å². The molecule has 3 nitrogen and oxygen atoms in total. The molecule has 1 aliphatic heterocycles. The summed E-state index contributed by atoms with van der Waals surface area (Å²) in [7, 11) is 0. The standard InChI is InChI=1S/C14H17NO2S/c1-3-4-7-18-9-13(16)11-5-6-12-14(8-11)17-10(2)15-12/h5-6,8,15H,2-4,7,9H2,1H3. The SMILES string of the molecule is C=C1Nc2ccc(C(=O)CSCCCC)cc2O1. The van der Waals surface area contributed by atoms with Gasteiger partial charge in [0.1, 0.15) is 0 Å². The van der Waals surface area contributed by atoms with Crippen LogP contribution in [0.5, 0.6) is 5.75 Å². The molecule has 0 aliphatic carbocycles. The van der Waals surface area contributed by atoms with Crippen molar-refractivity contribution in [1.82, 2.24) is 0 Å². The van der Waals surface area contributed by atoms with Crippen molar-refractivity contribution in [1.29, 1.82) is 0 Å². The highest BCUT2D eigenvalue weighted by atomic mass is 32.2. The molecule has 0 saturated carbocycles. The number of ketones is 1. The average molecular weight is 263 g/mol. The van der Waals surface area contributed by atoms with Crippen LogP contribution in [-0.4, -0.2) is 17.3 Å². The number of hydrogen-bond acceptors (Lipinski definition) is 4. The van der Waals surface area contributed by atoms with Crippen molar-refractivity contribution in [3.8, 4) is 5.75 Å². The van der Waals surface area contributed by atoms with Crippen LogP contribution in [0.1, 0.15) is 30.1 Å². The number of ether oxygens (including phenoxy) is 1. The summed E-state index contributed by atoms with van der Waals surface area (Å²) in [6.45, 7) is 5.84. The van der Waals surface area contributed by atoms with Gasteiger partial charge in [-0.05, 0) is 37.0 Å². The predicted molar refractivity (Wildman–Crippen MR) is 76.4 cm³/mol. The van der Waals surface area contributed by atoms with E-state index in [1.54, 1.807) is 17.8 Å². The minimum absolute atomic E-state index is 0.153. The Morgan fingerprint density at radius 3 is 3.11 bits per heavy atom. The molecule has 0 spiro atoms. The third-order valence-corrected chi connectivity index (χ3v) is 3.73. The number of benzene rings is 1. The summed E-state index contributed by atoms with van der Waals surface area (Å²) in [5.41, 5.74) is 1.57. The molecule has 0 saturated heterocycles. The molecule has 1 aliphatic rings. The lowest BCUT2D eigenvalue weighted by Crippen LogP contribution is -2.02. The molecule has 1 aromatic carbocycles. The first kappa shape index (κ1) is 13.0. The van der Waals surface area contributed by atoms with Crippen molar-refractivity contribution in [3.63, 3.8) is 0 Å². The molecule has 0 bridgehead atoms. The molecule has 0 amide bonds. The second kappa shape index (κ2) is 5.96. The maximum atomic E-state index is 12.0. The fourth-order valence-corrected chi connectivity index (χ4v) is 2.68. The van der Waals surface area contributed by atoms with Crippen LogP contribution >= 0.6 is 11.8 Å². The van der Waals surface area contributed by atoms with E-state index in [4.69, 9.17) is 4.74 Å². The molecule has 18 heavy (non-hydrogen) atoms. The molecule has 1 N–H and O–H groups in total. The molecule has 96 valence electrons. The van der Waals surface area contributed by atoms with Crippen LogP contribution in [0.2, 0.25) is 0 Å². The molecule has 1 heterocycles. The van der Waals surface area contributed by atoms with E-state index < -0.39 is 0 Å². The largest absolute Gasteiger partial charge is 0.439 e. The second-order valence-electron chi connectivity index (χ2n) is 4.19. The Morgan fingerprint density at radius 1 is 1.50 bits per heavy atom. The van der Waals surface area contributed by atoms with Crippen molar-refractivity contribution in [2.24, 2.45) is 0 Å². The lowest BCUT2D eigenvalue weighted by atomic mass is 10.1. The van der Waals surface area contributed by atoms with E-state index in [0.29, 0.717) is 22.9 Å². The van der Waals surface area contributed by atoms with Gasteiger partial charge in [-0.15, -0.1) is 0 Å². The summed E-state index contributed by atoms with van der Waals surface area (Å²) >= 11 is 1.69. The fourth-order valence-electron chi connectivity index (χ4n) is 1.69. The van der Waals surface area contributed by atoms with Gasteiger partial charge in [0, 0.05) is 5.56 Å². The number of rotatable bonds is 6. The van der Waals surface area contributed by atoms with Crippen LogP contribution in [0, 0.1) is 0 Å². The van der Waals surface area contributed by atoms with Crippen molar-refractivity contribution in [3.05, 3.63) is 36.2 Å². The first-order valence-electron chi connectivity index (χ1n) is 6.09. The van der Waals surface area contributed by atoms with Gasteiger partial charge in [-0.25, -0.2) is 0 Å². The number of carbonyl (C=O) groups is 1. The van der Waals surface area contributed by atoms with E-state index in [-0.39, 0.29) is 5.78 Å². The average Bonchev–Trinajstić information content (AvgIpc) is 2.73. The Morgan fingerprint density at radius 2 is 2.33 bits per heavy atom. The Hall–Kier alpha value is -1.42. The monoisotopic (exact) mass is 263 g/mol. The second-order valence-corrected chi connectivity index (χ2v) is 5.30. The number of hydrogen-bond donors (Lipinski definition) is 1. The van der Waals surface area contributed by atoms with Gasteiger partial charge in [0.25, 0.3) is 0 Å². The first-order valence-corrected chi connectivity index (χ1v) is 7.25. The minimum Gasteiger partial charge on any atom is -0.439 e. The Bertz CT molecular complexity index is 471. The highest BCUT2D eigenvalue weighted by Gasteiger charge is 2.17. The quantitative estimate of drug-likeness (QED) is 0.627. The molecular formula is C14H17NO2S. The van der Waals surface area contributed by atoms with Gasteiger partial charge in [-0.3, -0.25) is 4.79 Å². The van der Waals surface area contributed by atoms with E-state index in [1.807, 2.05) is 12.1 Å². The lowest BCUT2D eigenvalue weighted by molar-refractivity contribution is 0.102. The summed E-state index contributed by atoms with van der Waals surface area (Å²) in [5, 5.41) is 2.99. The molecule has 0 fully saturated rings. The summed E-state index contributed by atoms with van der Waals surface area (Å²) in [5.74, 6) is 2.92. The summed E-state index contributed by atoms with van der Waals surface area (Å²) in [4.78, 5) is 12.0. The lowest BCUT2D eigenvalue weighted by Gasteiger charge is -2.03.